The Bertz CT molecular complexity index is 1310. The second-order valence-corrected chi connectivity index (χ2v) is 6.48. The number of hydrogen-bond acceptors (Lipinski definition) is 7. The second kappa shape index (κ2) is 6.55. The van der Waals surface area contributed by atoms with Crippen molar-refractivity contribution in [3.05, 3.63) is 57.0 Å². The summed E-state index contributed by atoms with van der Waals surface area (Å²) in [6, 6.07) is 6.41. The molecule has 0 fully saturated rings. The Hall–Kier alpha value is -4.02. The fraction of sp³-hybridized carbons (Fsp3) is 0.222. The Morgan fingerprint density at radius 2 is 1.79 bits per heavy atom. The molecule has 2 aromatic heterocycles. The van der Waals surface area contributed by atoms with Crippen molar-refractivity contribution in [2.45, 2.75) is 6.54 Å². The van der Waals surface area contributed by atoms with E-state index in [2.05, 4.69) is 4.98 Å². The highest BCUT2D eigenvalue weighted by atomic mass is 16.5. The van der Waals surface area contributed by atoms with Crippen molar-refractivity contribution in [3.8, 4) is 0 Å². The average Bonchev–Trinajstić information content (AvgIpc) is 3.23. The van der Waals surface area contributed by atoms with Crippen LogP contribution in [-0.2, 0) is 35.0 Å². The standard InChI is InChI=1S/C18H15N5O6/c1-20-15-13(16(26)21(2)18(20)28)22(8-19-15)7-12(24)29-9-23-11-6-4-3-5-10(11)14(25)17(23)27/h3-6,8H,7,9H2,1-2H3. The molecule has 0 atom stereocenters. The van der Waals surface area contributed by atoms with Gasteiger partial charge in [0.05, 0.1) is 17.6 Å². The summed E-state index contributed by atoms with van der Waals surface area (Å²) in [5.74, 6) is -2.19. The number of carbonyl (C=O) groups excluding carboxylic acids is 3. The maximum Gasteiger partial charge on any atom is 0.332 e. The lowest BCUT2D eigenvalue weighted by Crippen LogP contribution is -2.38. The number of aromatic nitrogens is 4. The lowest BCUT2D eigenvalue weighted by Gasteiger charge is -2.16. The molecule has 0 N–H and O–H groups in total. The van der Waals surface area contributed by atoms with Crippen LogP contribution in [0.1, 0.15) is 10.4 Å². The highest BCUT2D eigenvalue weighted by molar-refractivity contribution is 6.52. The molecule has 11 heteroatoms. The van der Waals surface area contributed by atoms with Crippen molar-refractivity contribution in [2.24, 2.45) is 14.1 Å². The molecule has 0 radical (unpaired) electrons. The molecule has 4 rings (SSSR count). The summed E-state index contributed by atoms with van der Waals surface area (Å²) in [7, 11) is 2.79. The number of ether oxygens (including phenoxy) is 1. The predicted molar refractivity (Wildman–Crippen MR) is 99.4 cm³/mol. The molecule has 0 spiro atoms. The van der Waals surface area contributed by atoms with Crippen LogP contribution < -0.4 is 16.1 Å². The first-order chi connectivity index (χ1) is 13.8. The van der Waals surface area contributed by atoms with Crippen molar-refractivity contribution in [1.29, 1.82) is 0 Å². The van der Waals surface area contributed by atoms with Crippen molar-refractivity contribution >= 4 is 34.5 Å². The van der Waals surface area contributed by atoms with E-state index in [-0.39, 0.29) is 23.3 Å². The van der Waals surface area contributed by atoms with Crippen LogP contribution >= 0.6 is 0 Å². The molecule has 29 heavy (non-hydrogen) atoms. The smallest absolute Gasteiger partial charge is 0.332 e. The summed E-state index contributed by atoms with van der Waals surface area (Å²) in [5.41, 5.74) is -0.302. The number of hydrogen-bond donors (Lipinski definition) is 0. The molecule has 1 aliphatic heterocycles. The minimum atomic E-state index is -0.782. The monoisotopic (exact) mass is 397 g/mol. The third kappa shape index (κ3) is 2.74. The Balaban J connectivity index is 1.55. The van der Waals surface area contributed by atoms with Gasteiger partial charge in [0.1, 0.15) is 6.54 Å². The predicted octanol–water partition coefficient (Wildman–Crippen LogP) is -0.836. The average molecular weight is 397 g/mol. The van der Waals surface area contributed by atoms with Gasteiger partial charge in [0.2, 0.25) is 0 Å². The molecule has 148 valence electrons. The molecule has 11 nitrogen and oxygen atoms in total. The van der Waals surface area contributed by atoms with E-state index in [1.165, 1.54) is 35.6 Å². The fourth-order valence-electron chi connectivity index (χ4n) is 3.21. The number of carbonyl (C=O) groups is 3. The summed E-state index contributed by atoms with van der Waals surface area (Å²) in [4.78, 5) is 65.8. The van der Waals surface area contributed by atoms with E-state index in [4.69, 9.17) is 4.74 Å². The molecular weight excluding hydrogens is 382 g/mol. The van der Waals surface area contributed by atoms with Gasteiger partial charge in [-0.1, -0.05) is 12.1 Å². The normalized spacial score (nSPS) is 13.2. The minimum Gasteiger partial charge on any atom is -0.442 e. The van der Waals surface area contributed by atoms with Gasteiger partial charge in [0.15, 0.2) is 17.9 Å². The zero-order chi connectivity index (χ0) is 20.9. The third-order valence-electron chi connectivity index (χ3n) is 4.75. The van der Waals surface area contributed by atoms with Crippen molar-refractivity contribution in [1.82, 2.24) is 18.7 Å². The van der Waals surface area contributed by atoms with Gasteiger partial charge in [-0.25, -0.2) is 9.78 Å². The first-order valence-electron chi connectivity index (χ1n) is 8.53. The number of rotatable bonds is 4. The van der Waals surface area contributed by atoms with E-state index in [0.717, 1.165) is 9.47 Å². The lowest BCUT2D eigenvalue weighted by molar-refractivity contribution is -0.144. The maximum atomic E-state index is 12.4. The molecule has 0 unspecified atom stereocenters. The molecule has 0 saturated carbocycles. The van der Waals surface area contributed by atoms with E-state index >= 15 is 0 Å². The molecule has 1 amide bonds. The highest BCUT2D eigenvalue weighted by Gasteiger charge is 2.36. The number of amides is 1. The third-order valence-corrected chi connectivity index (χ3v) is 4.75. The second-order valence-electron chi connectivity index (χ2n) is 6.48. The molecule has 0 aliphatic carbocycles. The van der Waals surface area contributed by atoms with Crippen molar-refractivity contribution < 1.29 is 19.1 Å². The van der Waals surface area contributed by atoms with Crippen LogP contribution in [0.4, 0.5) is 5.69 Å². The molecule has 1 aliphatic rings. The number of fused-ring (bicyclic) bond motifs is 2. The number of imidazole rings is 1. The number of nitrogens with zero attached hydrogens (tertiary/aromatic N) is 5. The van der Waals surface area contributed by atoms with Gasteiger partial charge >= 0.3 is 17.6 Å². The van der Waals surface area contributed by atoms with Gasteiger partial charge in [-0.05, 0) is 12.1 Å². The van der Waals surface area contributed by atoms with Crippen LogP contribution in [0, 0.1) is 0 Å². The minimum absolute atomic E-state index is 0.0734. The lowest BCUT2D eigenvalue weighted by atomic mass is 10.1. The molecule has 3 heterocycles. The highest BCUT2D eigenvalue weighted by Crippen LogP contribution is 2.28. The number of esters is 1. The van der Waals surface area contributed by atoms with Gasteiger partial charge in [-0.15, -0.1) is 0 Å². The molecule has 0 bridgehead atoms. The summed E-state index contributed by atoms with van der Waals surface area (Å²) >= 11 is 0. The molecule has 0 saturated heterocycles. The van der Waals surface area contributed by atoms with Gasteiger partial charge in [0.25, 0.3) is 11.3 Å². The summed E-state index contributed by atoms with van der Waals surface area (Å²) < 4.78 is 8.52. The van der Waals surface area contributed by atoms with Crippen molar-refractivity contribution in [2.75, 3.05) is 11.6 Å². The van der Waals surface area contributed by atoms with E-state index in [0.29, 0.717) is 5.69 Å². The zero-order valence-electron chi connectivity index (χ0n) is 15.5. The van der Waals surface area contributed by atoms with Gasteiger partial charge < -0.3 is 9.30 Å². The maximum absolute atomic E-state index is 12.4. The largest absolute Gasteiger partial charge is 0.442 e. The van der Waals surface area contributed by atoms with Crippen LogP contribution in [-0.4, -0.2) is 43.1 Å². The van der Waals surface area contributed by atoms with Crippen LogP contribution in [0.2, 0.25) is 0 Å². The Kier molecular flexibility index (Phi) is 4.14. The van der Waals surface area contributed by atoms with E-state index in [9.17, 15) is 24.0 Å². The Labute approximate surface area is 162 Å². The Morgan fingerprint density at radius 3 is 2.55 bits per heavy atom. The SMILES string of the molecule is Cn1c(=O)c2c(ncn2CC(=O)OCN2C(=O)C(=O)c3ccccc32)n(C)c1=O. The molecular formula is C18H15N5O6. The zero-order valence-corrected chi connectivity index (χ0v) is 15.5. The van der Waals surface area contributed by atoms with Crippen LogP contribution in [0.15, 0.2) is 40.2 Å². The topological polar surface area (TPSA) is 126 Å². The van der Waals surface area contributed by atoms with E-state index in [1.54, 1.807) is 18.2 Å². The first-order valence-corrected chi connectivity index (χ1v) is 8.53. The summed E-state index contributed by atoms with van der Waals surface area (Å²) in [5, 5.41) is 0. The number of benzene rings is 1. The Morgan fingerprint density at radius 1 is 1.07 bits per heavy atom. The van der Waals surface area contributed by atoms with Gasteiger partial charge in [-0.3, -0.25) is 33.2 Å². The number of Topliss-reactive ketones (excluding diaryl/α,β-unsaturated/α-hetero) is 1. The quantitative estimate of drug-likeness (QED) is 0.415. The number of aryl methyl sites for hydroxylation is 1. The van der Waals surface area contributed by atoms with E-state index < -0.39 is 35.6 Å². The van der Waals surface area contributed by atoms with Crippen molar-refractivity contribution in [3.63, 3.8) is 0 Å². The number of ketones is 1. The fourth-order valence-corrected chi connectivity index (χ4v) is 3.21. The first kappa shape index (κ1) is 18.3. The summed E-state index contributed by atoms with van der Waals surface area (Å²) in [6.07, 6.45) is 1.26. The number of para-hydroxylation sites is 1. The summed E-state index contributed by atoms with van der Waals surface area (Å²) in [6.45, 7) is -0.800. The van der Waals surface area contributed by atoms with Gasteiger partial charge in [0, 0.05) is 14.1 Å². The molecule has 3 aromatic rings. The van der Waals surface area contributed by atoms with E-state index in [1.807, 2.05) is 0 Å². The van der Waals surface area contributed by atoms with Crippen LogP contribution in [0.25, 0.3) is 11.2 Å². The number of anilines is 1. The van der Waals surface area contributed by atoms with Crippen LogP contribution in [0.3, 0.4) is 0 Å². The molecule has 1 aromatic carbocycles. The van der Waals surface area contributed by atoms with Gasteiger partial charge in [-0.2, -0.15) is 0 Å². The van der Waals surface area contributed by atoms with Crippen LogP contribution in [0.5, 0.6) is 0 Å².